The first-order valence-corrected chi connectivity index (χ1v) is 5.95. The van der Waals surface area contributed by atoms with Crippen molar-refractivity contribution in [2.45, 2.75) is 37.6 Å². The van der Waals surface area contributed by atoms with Gasteiger partial charge in [0.05, 0.1) is 22.4 Å². The number of alkyl halides is 3. The predicted molar refractivity (Wildman–Crippen MR) is 65.1 cm³/mol. The smallest absolute Gasteiger partial charge is 0.418 e. The van der Waals surface area contributed by atoms with Crippen LogP contribution >= 0.6 is 0 Å². The summed E-state index contributed by atoms with van der Waals surface area (Å²) in [7, 11) is 0. The fraction of sp³-hybridized carbons (Fsp3) is 0.462. The summed E-state index contributed by atoms with van der Waals surface area (Å²) in [5, 5.41) is 30.4. The minimum absolute atomic E-state index is 0.274. The van der Waals surface area contributed by atoms with Gasteiger partial charge in [-0.2, -0.15) is 18.4 Å². The van der Waals surface area contributed by atoms with Gasteiger partial charge in [0.25, 0.3) is 0 Å². The van der Waals surface area contributed by atoms with Gasteiger partial charge in [-0.25, -0.2) is 0 Å². The lowest BCUT2D eigenvalue weighted by Crippen LogP contribution is -2.48. The second-order valence-electron chi connectivity index (χ2n) is 5.27. The number of nitrogens with zero attached hydrogens (tertiary/aromatic N) is 1. The molecule has 0 spiro atoms. The average Bonchev–Trinajstić information content (AvgIpc) is 2.26. The van der Waals surface area contributed by atoms with E-state index in [2.05, 4.69) is 5.32 Å². The lowest BCUT2D eigenvalue weighted by molar-refractivity contribution is -0.137. The lowest BCUT2D eigenvalue weighted by atomic mass is 9.77. The zero-order valence-corrected chi connectivity index (χ0v) is 10.6. The van der Waals surface area contributed by atoms with Crippen molar-refractivity contribution in [1.82, 2.24) is 0 Å². The predicted octanol–water partition coefficient (Wildman–Crippen LogP) is 2.61. The molecular formula is C13H13F3N2O2. The van der Waals surface area contributed by atoms with Crippen LogP contribution in [0.2, 0.25) is 0 Å². The standard InChI is InChI=1S/C13H13F3N2O2/c1-12(20)4-8(5-12)18-11-7(6-17)2-9(19)3-10(11)13(14,15)16/h2-3,8,18-20H,4-5H2,1H3/t8-,12+. The Bertz CT molecular complexity index is 568. The van der Waals surface area contributed by atoms with E-state index in [-0.39, 0.29) is 17.3 Å². The number of rotatable bonds is 2. The van der Waals surface area contributed by atoms with Crippen molar-refractivity contribution < 1.29 is 23.4 Å². The lowest BCUT2D eigenvalue weighted by Gasteiger charge is -2.42. The third kappa shape index (κ3) is 2.80. The Hall–Kier alpha value is -1.94. The summed E-state index contributed by atoms with van der Waals surface area (Å²) in [6.07, 6.45) is -4.08. The highest BCUT2D eigenvalue weighted by atomic mass is 19.4. The molecule has 1 aliphatic carbocycles. The number of aromatic hydroxyl groups is 1. The van der Waals surface area contributed by atoms with Crippen LogP contribution in [0.25, 0.3) is 0 Å². The number of phenols is 1. The second kappa shape index (κ2) is 4.56. The number of anilines is 1. The maximum Gasteiger partial charge on any atom is 0.418 e. The van der Waals surface area contributed by atoms with E-state index >= 15 is 0 Å². The summed E-state index contributed by atoms with van der Waals surface area (Å²) in [4.78, 5) is 0. The Morgan fingerprint density at radius 3 is 2.45 bits per heavy atom. The molecule has 0 unspecified atom stereocenters. The van der Waals surface area contributed by atoms with E-state index in [9.17, 15) is 23.4 Å². The Morgan fingerprint density at radius 1 is 1.40 bits per heavy atom. The van der Waals surface area contributed by atoms with Gasteiger partial charge in [0.15, 0.2) is 0 Å². The number of benzene rings is 1. The Balaban J connectivity index is 2.38. The fourth-order valence-electron chi connectivity index (χ4n) is 2.40. The van der Waals surface area contributed by atoms with Crippen LogP contribution in [0.3, 0.4) is 0 Å². The van der Waals surface area contributed by atoms with Gasteiger partial charge in [0.1, 0.15) is 11.8 Å². The Labute approximate surface area is 113 Å². The number of phenolic OH excluding ortho intramolecular Hbond substituents is 1. The van der Waals surface area contributed by atoms with Crippen LogP contribution in [0.4, 0.5) is 18.9 Å². The van der Waals surface area contributed by atoms with Gasteiger partial charge in [-0.1, -0.05) is 0 Å². The van der Waals surface area contributed by atoms with Gasteiger partial charge in [0, 0.05) is 6.04 Å². The van der Waals surface area contributed by atoms with Crippen molar-refractivity contribution in [3.05, 3.63) is 23.3 Å². The number of nitriles is 1. The molecule has 108 valence electrons. The van der Waals surface area contributed by atoms with E-state index in [0.29, 0.717) is 18.9 Å². The van der Waals surface area contributed by atoms with Crippen LogP contribution in [0.5, 0.6) is 5.75 Å². The summed E-state index contributed by atoms with van der Waals surface area (Å²) in [5.41, 5.74) is -2.59. The molecule has 0 bridgehead atoms. The average molecular weight is 286 g/mol. The molecule has 0 heterocycles. The van der Waals surface area contributed by atoms with Gasteiger partial charge < -0.3 is 15.5 Å². The highest BCUT2D eigenvalue weighted by molar-refractivity contribution is 5.66. The summed E-state index contributed by atoms with van der Waals surface area (Å²) in [5.74, 6) is -0.611. The molecule has 3 N–H and O–H groups in total. The van der Waals surface area contributed by atoms with E-state index in [1.807, 2.05) is 0 Å². The molecule has 4 nitrogen and oxygen atoms in total. The first kappa shape index (κ1) is 14.5. The maximum absolute atomic E-state index is 13.0. The molecule has 1 aromatic rings. The van der Waals surface area contributed by atoms with Crippen LogP contribution in [-0.2, 0) is 6.18 Å². The summed E-state index contributed by atoms with van der Waals surface area (Å²) < 4.78 is 38.9. The van der Waals surface area contributed by atoms with Crippen molar-refractivity contribution in [2.75, 3.05) is 5.32 Å². The number of hydrogen-bond donors (Lipinski definition) is 3. The van der Waals surface area contributed by atoms with Gasteiger partial charge in [-0.05, 0) is 31.9 Å². The molecule has 0 aromatic heterocycles. The molecular weight excluding hydrogens is 273 g/mol. The highest BCUT2D eigenvalue weighted by Gasteiger charge is 2.41. The van der Waals surface area contributed by atoms with Gasteiger partial charge in [0.2, 0.25) is 0 Å². The Morgan fingerprint density at radius 2 is 2.00 bits per heavy atom. The molecule has 1 aromatic carbocycles. The zero-order valence-electron chi connectivity index (χ0n) is 10.6. The third-order valence-electron chi connectivity index (χ3n) is 3.27. The van der Waals surface area contributed by atoms with E-state index < -0.39 is 23.1 Å². The molecule has 1 saturated carbocycles. The number of hydrogen-bond acceptors (Lipinski definition) is 4. The number of nitrogens with one attached hydrogen (secondary N) is 1. The van der Waals surface area contributed by atoms with Crippen molar-refractivity contribution in [1.29, 1.82) is 5.26 Å². The van der Waals surface area contributed by atoms with E-state index in [4.69, 9.17) is 5.26 Å². The molecule has 7 heteroatoms. The van der Waals surface area contributed by atoms with Gasteiger partial charge >= 0.3 is 6.18 Å². The molecule has 0 saturated heterocycles. The molecule has 0 aliphatic heterocycles. The number of halogens is 3. The van der Waals surface area contributed by atoms with Gasteiger partial charge in [-0.3, -0.25) is 0 Å². The minimum atomic E-state index is -4.68. The first-order valence-electron chi connectivity index (χ1n) is 5.95. The first-order chi connectivity index (χ1) is 9.12. The number of aliphatic hydroxyl groups is 1. The van der Waals surface area contributed by atoms with E-state index in [0.717, 1.165) is 6.07 Å². The third-order valence-corrected chi connectivity index (χ3v) is 3.27. The minimum Gasteiger partial charge on any atom is -0.508 e. The molecule has 20 heavy (non-hydrogen) atoms. The summed E-state index contributed by atoms with van der Waals surface area (Å²) in [6.45, 7) is 1.60. The molecule has 2 rings (SSSR count). The highest BCUT2D eigenvalue weighted by Crippen LogP contribution is 2.41. The zero-order chi connectivity index (χ0) is 15.1. The van der Waals surface area contributed by atoms with Crippen molar-refractivity contribution in [3.63, 3.8) is 0 Å². The van der Waals surface area contributed by atoms with Crippen LogP contribution in [0.15, 0.2) is 12.1 Å². The van der Waals surface area contributed by atoms with Crippen LogP contribution < -0.4 is 5.32 Å². The normalized spacial score (nSPS) is 25.7. The molecule has 0 radical (unpaired) electrons. The molecule has 0 amide bonds. The van der Waals surface area contributed by atoms with Crippen LogP contribution in [-0.4, -0.2) is 21.9 Å². The van der Waals surface area contributed by atoms with Crippen LogP contribution in [0.1, 0.15) is 30.9 Å². The van der Waals surface area contributed by atoms with E-state index in [1.54, 1.807) is 13.0 Å². The van der Waals surface area contributed by atoms with Gasteiger partial charge in [-0.15, -0.1) is 0 Å². The largest absolute Gasteiger partial charge is 0.508 e. The molecule has 1 fully saturated rings. The van der Waals surface area contributed by atoms with Crippen molar-refractivity contribution in [2.24, 2.45) is 0 Å². The van der Waals surface area contributed by atoms with Crippen molar-refractivity contribution in [3.8, 4) is 11.8 Å². The fourth-order valence-corrected chi connectivity index (χ4v) is 2.40. The summed E-state index contributed by atoms with van der Waals surface area (Å²) in [6, 6.07) is 2.87. The molecule has 0 atom stereocenters. The maximum atomic E-state index is 13.0. The quantitative estimate of drug-likeness (QED) is 0.730. The topological polar surface area (TPSA) is 76.3 Å². The second-order valence-corrected chi connectivity index (χ2v) is 5.27. The monoisotopic (exact) mass is 286 g/mol. The molecule has 1 aliphatic rings. The van der Waals surface area contributed by atoms with Crippen molar-refractivity contribution >= 4 is 5.69 Å². The van der Waals surface area contributed by atoms with E-state index in [1.165, 1.54) is 0 Å². The SMILES string of the molecule is C[C@]1(O)C[C@@H](Nc2c(C#N)cc(O)cc2C(F)(F)F)C1. The Kier molecular flexibility index (Phi) is 3.30. The van der Waals surface area contributed by atoms with Crippen LogP contribution in [0, 0.1) is 11.3 Å². The summed E-state index contributed by atoms with van der Waals surface area (Å²) >= 11 is 0.